The zero-order chi connectivity index (χ0) is 19.3. The van der Waals surface area contributed by atoms with E-state index in [2.05, 4.69) is 11.0 Å². The number of para-hydroxylation sites is 1. The molecule has 1 fully saturated rings. The molecule has 0 radical (unpaired) electrons. The Morgan fingerprint density at radius 2 is 1.86 bits per heavy atom. The molecule has 0 N–H and O–H groups in total. The van der Waals surface area contributed by atoms with Gasteiger partial charge in [0.05, 0.1) is 10.6 Å². The van der Waals surface area contributed by atoms with E-state index >= 15 is 0 Å². The standard InChI is InChI=1S/C21H21ClN2O3S/c22-19-7-6-18(28-19)14-23-9-11-24(12-10-23)21(25)20-16(8-13-26-20)15-27-17-4-2-1-3-5-17/h1-8,13H,9-12,14-15H2. The molecule has 1 amide bonds. The van der Waals surface area contributed by atoms with E-state index in [1.165, 1.54) is 4.88 Å². The summed E-state index contributed by atoms with van der Waals surface area (Å²) in [7, 11) is 0. The van der Waals surface area contributed by atoms with Crippen molar-refractivity contribution in [2.45, 2.75) is 13.2 Å². The third-order valence-corrected chi connectivity index (χ3v) is 5.96. The van der Waals surface area contributed by atoms with Crippen molar-refractivity contribution in [3.05, 3.63) is 75.3 Å². The summed E-state index contributed by atoms with van der Waals surface area (Å²) >= 11 is 7.61. The van der Waals surface area contributed by atoms with Gasteiger partial charge < -0.3 is 14.1 Å². The molecule has 0 saturated carbocycles. The fourth-order valence-electron chi connectivity index (χ4n) is 3.22. The van der Waals surface area contributed by atoms with Gasteiger partial charge in [0.15, 0.2) is 5.76 Å². The molecule has 0 atom stereocenters. The number of piperazine rings is 1. The van der Waals surface area contributed by atoms with Gasteiger partial charge in [-0.2, -0.15) is 0 Å². The normalized spacial score (nSPS) is 15.0. The predicted octanol–water partition coefficient (Wildman–Crippen LogP) is 4.53. The van der Waals surface area contributed by atoms with Gasteiger partial charge in [0.25, 0.3) is 5.91 Å². The fraction of sp³-hybridized carbons (Fsp3) is 0.286. The minimum absolute atomic E-state index is 0.0736. The second-order valence-electron chi connectivity index (χ2n) is 6.65. The van der Waals surface area contributed by atoms with Crippen LogP contribution in [0, 0.1) is 0 Å². The summed E-state index contributed by atoms with van der Waals surface area (Å²) in [6.45, 7) is 4.20. The molecule has 4 rings (SSSR count). The lowest BCUT2D eigenvalue weighted by Crippen LogP contribution is -2.48. The van der Waals surface area contributed by atoms with Gasteiger partial charge in [-0.1, -0.05) is 29.8 Å². The zero-order valence-electron chi connectivity index (χ0n) is 15.3. The summed E-state index contributed by atoms with van der Waals surface area (Å²) in [5, 5.41) is 0. The molecule has 0 spiro atoms. The van der Waals surface area contributed by atoms with Gasteiger partial charge in [-0.3, -0.25) is 9.69 Å². The SMILES string of the molecule is O=C(c1occc1COc1ccccc1)N1CCN(Cc2ccc(Cl)s2)CC1. The van der Waals surface area contributed by atoms with E-state index in [0.29, 0.717) is 25.5 Å². The average molecular weight is 417 g/mol. The van der Waals surface area contributed by atoms with Crippen LogP contribution in [0.15, 0.2) is 59.2 Å². The highest BCUT2D eigenvalue weighted by atomic mass is 35.5. The number of carbonyl (C=O) groups excluding carboxylic acids is 1. The molecule has 0 bridgehead atoms. The summed E-state index contributed by atoms with van der Waals surface area (Å²) in [5.74, 6) is 1.06. The van der Waals surface area contributed by atoms with Gasteiger partial charge in [-0.15, -0.1) is 11.3 Å². The molecule has 7 heteroatoms. The van der Waals surface area contributed by atoms with Crippen LogP contribution in [-0.2, 0) is 13.2 Å². The number of rotatable bonds is 6. The number of amides is 1. The maximum Gasteiger partial charge on any atom is 0.290 e. The first-order chi connectivity index (χ1) is 13.7. The molecule has 5 nitrogen and oxygen atoms in total. The van der Waals surface area contributed by atoms with Gasteiger partial charge in [0.1, 0.15) is 12.4 Å². The summed E-state index contributed by atoms with van der Waals surface area (Å²) in [6, 6.07) is 15.3. The molecule has 1 aliphatic rings. The lowest BCUT2D eigenvalue weighted by atomic mass is 10.2. The lowest BCUT2D eigenvalue weighted by molar-refractivity contribution is 0.0595. The van der Waals surface area contributed by atoms with Crippen molar-refractivity contribution in [2.75, 3.05) is 26.2 Å². The Morgan fingerprint density at radius 1 is 1.07 bits per heavy atom. The van der Waals surface area contributed by atoms with E-state index in [9.17, 15) is 4.79 Å². The first-order valence-electron chi connectivity index (χ1n) is 9.19. The van der Waals surface area contributed by atoms with Gasteiger partial charge >= 0.3 is 0 Å². The van der Waals surface area contributed by atoms with Crippen molar-refractivity contribution in [1.82, 2.24) is 9.80 Å². The minimum Gasteiger partial charge on any atom is -0.489 e. The van der Waals surface area contributed by atoms with E-state index in [-0.39, 0.29) is 5.91 Å². The third kappa shape index (κ3) is 4.58. The molecule has 1 saturated heterocycles. The van der Waals surface area contributed by atoms with E-state index < -0.39 is 0 Å². The van der Waals surface area contributed by atoms with E-state index in [1.54, 1.807) is 23.7 Å². The van der Waals surface area contributed by atoms with Crippen LogP contribution in [0.1, 0.15) is 21.0 Å². The largest absolute Gasteiger partial charge is 0.489 e. The van der Waals surface area contributed by atoms with Crippen LogP contribution in [0.5, 0.6) is 5.75 Å². The molecule has 3 aromatic rings. The Bertz CT molecular complexity index is 917. The van der Waals surface area contributed by atoms with E-state index in [0.717, 1.165) is 35.3 Å². The minimum atomic E-state index is -0.0736. The molecular formula is C21H21ClN2O3S. The number of hydrogen-bond donors (Lipinski definition) is 0. The maximum atomic E-state index is 12.9. The zero-order valence-corrected chi connectivity index (χ0v) is 16.9. The van der Waals surface area contributed by atoms with E-state index in [4.69, 9.17) is 20.8 Å². The summed E-state index contributed by atoms with van der Waals surface area (Å²) in [5.41, 5.74) is 0.768. The first-order valence-corrected chi connectivity index (χ1v) is 10.4. The van der Waals surface area contributed by atoms with Gasteiger partial charge in [-0.05, 0) is 30.3 Å². The monoisotopic (exact) mass is 416 g/mol. The van der Waals surface area contributed by atoms with Gasteiger partial charge in [-0.25, -0.2) is 0 Å². The predicted molar refractivity (Wildman–Crippen MR) is 110 cm³/mol. The number of nitrogens with zero attached hydrogens (tertiary/aromatic N) is 2. The number of thiophene rings is 1. The summed E-state index contributed by atoms with van der Waals surface area (Å²) in [6.07, 6.45) is 1.55. The molecular weight excluding hydrogens is 396 g/mol. The van der Waals surface area contributed by atoms with Gasteiger partial charge in [0, 0.05) is 43.2 Å². The lowest BCUT2D eigenvalue weighted by Gasteiger charge is -2.34. The van der Waals surface area contributed by atoms with Crippen molar-refractivity contribution < 1.29 is 13.9 Å². The highest BCUT2D eigenvalue weighted by molar-refractivity contribution is 7.16. The molecule has 1 aliphatic heterocycles. The Morgan fingerprint density at radius 3 is 2.57 bits per heavy atom. The number of hydrogen-bond acceptors (Lipinski definition) is 5. The number of halogens is 1. The maximum absolute atomic E-state index is 12.9. The number of ether oxygens (including phenoxy) is 1. The van der Waals surface area contributed by atoms with Crippen molar-refractivity contribution in [2.24, 2.45) is 0 Å². The fourth-order valence-corrected chi connectivity index (χ4v) is 4.35. The smallest absolute Gasteiger partial charge is 0.290 e. The Hall–Kier alpha value is -2.28. The highest BCUT2D eigenvalue weighted by Gasteiger charge is 2.26. The van der Waals surface area contributed by atoms with Crippen molar-refractivity contribution in [3.8, 4) is 5.75 Å². The highest BCUT2D eigenvalue weighted by Crippen LogP contribution is 2.23. The summed E-state index contributed by atoms with van der Waals surface area (Å²) in [4.78, 5) is 18.3. The van der Waals surface area contributed by atoms with Crippen LogP contribution in [0.3, 0.4) is 0 Å². The van der Waals surface area contributed by atoms with Crippen LogP contribution in [0.2, 0.25) is 4.34 Å². The quantitative estimate of drug-likeness (QED) is 0.592. The Kier molecular flexibility index (Phi) is 6.00. The number of benzene rings is 1. The Labute approximate surface area is 173 Å². The molecule has 2 aromatic heterocycles. The number of carbonyl (C=O) groups is 1. The molecule has 146 valence electrons. The van der Waals surface area contributed by atoms with Crippen LogP contribution >= 0.6 is 22.9 Å². The molecule has 0 aliphatic carbocycles. The van der Waals surface area contributed by atoms with Crippen LogP contribution in [-0.4, -0.2) is 41.9 Å². The van der Waals surface area contributed by atoms with Crippen molar-refractivity contribution in [1.29, 1.82) is 0 Å². The molecule has 0 unspecified atom stereocenters. The summed E-state index contributed by atoms with van der Waals surface area (Å²) < 4.78 is 12.1. The molecule has 3 heterocycles. The second-order valence-corrected chi connectivity index (χ2v) is 8.45. The average Bonchev–Trinajstić information content (AvgIpc) is 3.36. The third-order valence-electron chi connectivity index (χ3n) is 4.75. The first kappa shape index (κ1) is 19.1. The Balaban J connectivity index is 1.32. The molecule has 1 aromatic carbocycles. The van der Waals surface area contributed by atoms with Crippen molar-refractivity contribution >= 4 is 28.8 Å². The number of furan rings is 1. The van der Waals surface area contributed by atoms with Crippen LogP contribution < -0.4 is 4.74 Å². The van der Waals surface area contributed by atoms with Crippen LogP contribution in [0.25, 0.3) is 0 Å². The van der Waals surface area contributed by atoms with Gasteiger partial charge in [0.2, 0.25) is 0 Å². The van der Waals surface area contributed by atoms with Crippen LogP contribution in [0.4, 0.5) is 0 Å². The second kappa shape index (κ2) is 8.82. The topological polar surface area (TPSA) is 45.9 Å². The molecule has 28 heavy (non-hydrogen) atoms. The van der Waals surface area contributed by atoms with E-state index in [1.807, 2.05) is 41.3 Å². The van der Waals surface area contributed by atoms with Crippen molar-refractivity contribution in [3.63, 3.8) is 0 Å².